The van der Waals surface area contributed by atoms with E-state index in [2.05, 4.69) is 19.2 Å². The van der Waals surface area contributed by atoms with Crippen molar-refractivity contribution in [1.29, 1.82) is 0 Å². The average molecular weight is 295 g/mol. The summed E-state index contributed by atoms with van der Waals surface area (Å²) < 4.78 is 16.2. The molecule has 0 aliphatic rings. The van der Waals surface area contributed by atoms with Gasteiger partial charge in [0.25, 0.3) is 0 Å². The molecule has 0 spiro atoms. The average Bonchev–Trinajstić information content (AvgIpc) is 2.49. The molecule has 0 atom stereocenters. The molecule has 1 aromatic carbocycles. The van der Waals surface area contributed by atoms with E-state index >= 15 is 0 Å². The Bertz CT molecular complexity index is 371. The zero-order chi connectivity index (χ0) is 15.5. The van der Waals surface area contributed by atoms with Gasteiger partial charge in [-0.15, -0.1) is 0 Å². The van der Waals surface area contributed by atoms with Gasteiger partial charge in [0, 0.05) is 18.2 Å². The minimum Gasteiger partial charge on any atom is -0.496 e. The van der Waals surface area contributed by atoms with Crippen molar-refractivity contribution >= 4 is 0 Å². The molecule has 0 radical (unpaired) electrons. The number of benzene rings is 1. The topological polar surface area (TPSA) is 39.7 Å². The first-order valence-electron chi connectivity index (χ1n) is 7.72. The number of unbranched alkanes of at least 4 members (excludes halogenated alkanes) is 2. The van der Waals surface area contributed by atoms with Crippen LogP contribution in [-0.2, 0) is 0 Å². The maximum atomic E-state index is 5.76. The molecule has 0 saturated carbocycles. The number of hydrogen-bond donors (Lipinski definition) is 1. The van der Waals surface area contributed by atoms with Crippen molar-refractivity contribution in [3.8, 4) is 17.2 Å². The Balaban J connectivity index is 2.17. The number of rotatable bonds is 11. The monoisotopic (exact) mass is 295 g/mol. The van der Waals surface area contributed by atoms with Crippen molar-refractivity contribution < 1.29 is 14.2 Å². The van der Waals surface area contributed by atoms with E-state index in [9.17, 15) is 0 Å². The molecular formula is C17H29NO3. The fourth-order valence-electron chi connectivity index (χ4n) is 1.97. The van der Waals surface area contributed by atoms with Gasteiger partial charge in [-0.2, -0.15) is 0 Å². The number of ether oxygens (including phenoxy) is 3. The van der Waals surface area contributed by atoms with Crippen LogP contribution in [-0.4, -0.2) is 33.9 Å². The first-order valence-corrected chi connectivity index (χ1v) is 7.72. The van der Waals surface area contributed by atoms with Crippen LogP contribution in [0.15, 0.2) is 18.2 Å². The van der Waals surface area contributed by atoms with Crippen LogP contribution in [0.4, 0.5) is 0 Å². The largest absolute Gasteiger partial charge is 0.496 e. The van der Waals surface area contributed by atoms with E-state index in [-0.39, 0.29) is 0 Å². The lowest BCUT2D eigenvalue weighted by atomic mass is 10.2. The Morgan fingerprint density at radius 1 is 0.905 bits per heavy atom. The predicted octanol–water partition coefficient (Wildman–Crippen LogP) is 3.50. The highest BCUT2D eigenvalue weighted by molar-refractivity contribution is 5.41. The summed E-state index contributed by atoms with van der Waals surface area (Å²) in [7, 11) is 3.28. The third-order valence-electron chi connectivity index (χ3n) is 3.14. The molecule has 1 rings (SSSR count). The highest BCUT2D eigenvalue weighted by atomic mass is 16.5. The van der Waals surface area contributed by atoms with Gasteiger partial charge in [0.2, 0.25) is 0 Å². The molecule has 0 unspecified atom stereocenters. The Morgan fingerprint density at radius 2 is 1.52 bits per heavy atom. The second-order valence-corrected chi connectivity index (χ2v) is 5.56. The molecule has 4 nitrogen and oxygen atoms in total. The Kier molecular flexibility index (Phi) is 8.67. The zero-order valence-electron chi connectivity index (χ0n) is 13.8. The van der Waals surface area contributed by atoms with Crippen LogP contribution in [0.25, 0.3) is 0 Å². The minimum atomic E-state index is 0.719. The second-order valence-electron chi connectivity index (χ2n) is 5.56. The normalized spacial score (nSPS) is 10.7. The molecule has 120 valence electrons. The van der Waals surface area contributed by atoms with Crippen molar-refractivity contribution in [3.63, 3.8) is 0 Å². The summed E-state index contributed by atoms with van der Waals surface area (Å²) in [6, 6.07) is 5.60. The zero-order valence-corrected chi connectivity index (χ0v) is 13.8. The van der Waals surface area contributed by atoms with Crippen LogP contribution in [0, 0.1) is 5.92 Å². The first-order chi connectivity index (χ1) is 10.2. The summed E-state index contributed by atoms with van der Waals surface area (Å²) in [6.07, 6.45) is 3.42. The van der Waals surface area contributed by atoms with E-state index in [0.717, 1.165) is 49.3 Å². The first kappa shape index (κ1) is 17.6. The maximum absolute atomic E-state index is 5.76. The molecule has 4 heteroatoms. The Hall–Kier alpha value is -1.42. The number of methoxy groups -OCH3 is 2. The maximum Gasteiger partial charge on any atom is 0.126 e. The van der Waals surface area contributed by atoms with E-state index in [1.165, 1.54) is 12.8 Å². The molecule has 21 heavy (non-hydrogen) atoms. The summed E-state index contributed by atoms with van der Waals surface area (Å²) in [5.74, 6) is 3.02. The van der Waals surface area contributed by atoms with Gasteiger partial charge in [-0.25, -0.2) is 0 Å². The second kappa shape index (κ2) is 10.3. The van der Waals surface area contributed by atoms with Crippen molar-refractivity contribution in [2.75, 3.05) is 33.9 Å². The van der Waals surface area contributed by atoms with Crippen LogP contribution in [0.2, 0.25) is 0 Å². The number of nitrogens with one attached hydrogen (secondary N) is 1. The minimum absolute atomic E-state index is 0.719. The van der Waals surface area contributed by atoms with Gasteiger partial charge in [0.1, 0.15) is 17.2 Å². The lowest BCUT2D eigenvalue weighted by Gasteiger charge is -2.10. The van der Waals surface area contributed by atoms with Gasteiger partial charge in [0.15, 0.2) is 0 Å². The quantitative estimate of drug-likeness (QED) is 0.634. The fourth-order valence-corrected chi connectivity index (χ4v) is 1.97. The third-order valence-corrected chi connectivity index (χ3v) is 3.14. The SMILES string of the molecule is COc1cc(OC)cc(OCCCCCNCC(C)C)c1. The molecule has 1 N–H and O–H groups in total. The predicted molar refractivity (Wildman–Crippen MR) is 86.6 cm³/mol. The highest BCUT2D eigenvalue weighted by Gasteiger charge is 2.02. The molecule has 0 aliphatic carbocycles. The van der Waals surface area contributed by atoms with Gasteiger partial charge >= 0.3 is 0 Å². The standard InChI is InChI=1S/C17H29NO3/c1-14(2)13-18-8-6-5-7-9-21-17-11-15(19-3)10-16(12-17)20-4/h10-12,14,18H,5-9,13H2,1-4H3. The van der Waals surface area contributed by atoms with Crippen molar-refractivity contribution in [2.24, 2.45) is 5.92 Å². The Morgan fingerprint density at radius 3 is 2.10 bits per heavy atom. The molecule has 0 saturated heterocycles. The van der Waals surface area contributed by atoms with Crippen LogP contribution in [0.3, 0.4) is 0 Å². The molecule has 0 aliphatic heterocycles. The van der Waals surface area contributed by atoms with E-state index in [0.29, 0.717) is 0 Å². The summed E-state index contributed by atoms with van der Waals surface area (Å²) in [5.41, 5.74) is 0. The lowest BCUT2D eigenvalue weighted by molar-refractivity contribution is 0.299. The summed E-state index contributed by atoms with van der Waals surface area (Å²) >= 11 is 0. The molecule has 0 fully saturated rings. The lowest BCUT2D eigenvalue weighted by Crippen LogP contribution is -2.20. The summed E-state index contributed by atoms with van der Waals surface area (Å²) in [5, 5.41) is 3.45. The van der Waals surface area contributed by atoms with Gasteiger partial charge in [-0.05, 0) is 38.3 Å². The van der Waals surface area contributed by atoms with Crippen LogP contribution in [0.1, 0.15) is 33.1 Å². The van der Waals surface area contributed by atoms with E-state index in [4.69, 9.17) is 14.2 Å². The highest BCUT2D eigenvalue weighted by Crippen LogP contribution is 2.27. The Labute approximate surface area is 128 Å². The summed E-state index contributed by atoms with van der Waals surface area (Å²) in [4.78, 5) is 0. The fraction of sp³-hybridized carbons (Fsp3) is 0.647. The molecule has 0 bridgehead atoms. The molecule has 0 heterocycles. The van der Waals surface area contributed by atoms with E-state index in [1.54, 1.807) is 14.2 Å². The summed E-state index contributed by atoms with van der Waals surface area (Å²) in [6.45, 7) is 7.36. The van der Waals surface area contributed by atoms with E-state index in [1.807, 2.05) is 18.2 Å². The third kappa shape index (κ3) is 7.81. The van der Waals surface area contributed by atoms with E-state index < -0.39 is 0 Å². The molecule has 1 aromatic rings. The molecule has 0 amide bonds. The van der Waals surface area contributed by atoms with Crippen molar-refractivity contribution in [1.82, 2.24) is 5.32 Å². The van der Waals surface area contributed by atoms with Gasteiger partial charge in [-0.1, -0.05) is 13.8 Å². The van der Waals surface area contributed by atoms with Gasteiger partial charge in [0.05, 0.1) is 20.8 Å². The van der Waals surface area contributed by atoms with Gasteiger partial charge < -0.3 is 19.5 Å². The van der Waals surface area contributed by atoms with Gasteiger partial charge in [-0.3, -0.25) is 0 Å². The van der Waals surface area contributed by atoms with Crippen LogP contribution < -0.4 is 19.5 Å². The van der Waals surface area contributed by atoms with Crippen molar-refractivity contribution in [2.45, 2.75) is 33.1 Å². The molecule has 0 aromatic heterocycles. The van der Waals surface area contributed by atoms with Crippen LogP contribution in [0.5, 0.6) is 17.2 Å². The van der Waals surface area contributed by atoms with Crippen LogP contribution >= 0.6 is 0 Å². The molecular weight excluding hydrogens is 266 g/mol. The number of hydrogen-bond acceptors (Lipinski definition) is 4. The van der Waals surface area contributed by atoms with Crippen molar-refractivity contribution in [3.05, 3.63) is 18.2 Å². The smallest absolute Gasteiger partial charge is 0.126 e.